The van der Waals surface area contributed by atoms with Crippen molar-refractivity contribution < 1.29 is 0 Å². The van der Waals surface area contributed by atoms with Crippen LogP contribution in [0.4, 0.5) is 0 Å². The SMILES string of the molecule is C/N=C1\CN2CCC1CC2. The number of piperidine rings is 3. The maximum atomic E-state index is 4.31. The quantitative estimate of drug-likeness (QED) is 0.483. The predicted molar refractivity (Wildman–Crippen MR) is 42.5 cm³/mol. The first kappa shape index (κ1) is 6.35. The van der Waals surface area contributed by atoms with Crippen molar-refractivity contribution in [3.05, 3.63) is 0 Å². The van der Waals surface area contributed by atoms with Crippen LogP contribution in [0, 0.1) is 5.92 Å². The Kier molecular flexibility index (Phi) is 1.49. The van der Waals surface area contributed by atoms with Gasteiger partial charge in [0.05, 0.1) is 0 Å². The molecule has 3 aliphatic rings. The summed E-state index contributed by atoms with van der Waals surface area (Å²) >= 11 is 0. The molecule has 0 N–H and O–H groups in total. The molecule has 3 heterocycles. The highest BCUT2D eigenvalue weighted by atomic mass is 15.2. The summed E-state index contributed by atoms with van der Waals surface area (Å²) in [4.78, 5) is 6.81. The predicted octanol–water partition coefficient (Wildman–Crippen LogP) is 0.783. The Morgan fingerprint density at radius 2 is 2.10 bits per heavy atom. The molecule has 3 fully saturated rings. The number of nitrogens with zero attached hydrogens (tertiary/aromatic N) is 2. The minimum atomic E-state index is 0.843. The lowest BCUT2D eigenvalue weighted by Crippen LogP contribution is -2.47. The van der Waals surface area contributed by atoms with Gasteiger partial charge in [0.25, 0.3) is 0 Å². The van der Waals surface area contributed by atoms with Gasteiger partial charge in [0.15, 0.2) is 0 Å². The molecule has 2 bridgehead atoms. The van der Waals surface area contributed by atoms with Crippen molar-refractivity contribution in [2.75, 3.05) is 26.7 Å². The van der Waals surface area contributed by atoms with Gasteiger partial charge in [0.2, 0.25) is 0 Å². The number of hydrogen-bond donors (Lipinski definition) is 0. The van der Waals surface area contributed by atoms with E-state index in [1.807, 2.05) is 7.05 Å². The zero-order chi connectivity index (χ0) is 6.97. The Morgan fingerprint density at radius 3 is 2.40 bits per heavy atom. The highest BCUT2D eigenvalue weighted by Crippen LogP contribution is 2.24. The smallest absolute Gasteiger partial charge is 0.0366 e. The second kappa shape index (κ2) is 2.35. The molecule has 0 radical (unpaired) electrons. The van der Waals surface area contributed by atoms with Gasteiger partial charge < -0.3 is 0 Å². The molecule has 2 nitrogen and oxygen atoms in total. The minimum absolute atomic E-state index is 0.843. The summed E-state index contributed by atoms with van der Waals surface area (Å²) in [6.45, 7) is 3.77. The van der Waals surface area contributed by atoms with Crippen molar-refractivity contribution in [2.24, 2.45) is 10.9 Å². The number of hydrogen-bond acceptors (Lipinski definition) is 2. The Labute approximate surface area is 61.9 Å². The van der Waals surface area contributed by atoms with Crippen LogP contribution in [-0.2, 0) is 0 Å². The normalized spacial score (nSPS) is 42.7. The lowest BCUT2D eigenvalue weighted by Gasteiger charge is -2.39. The molecule has 0 spiro atoms. The van der Waals surface area contributed by atoms with Crippen molar-refractivity contribution >= 4 is 5.71 Å². The zero-order valence-electron chi connectivity index (χ0n) is 6.51. The molecule has 0 aliphatic carbocycles. The van der Waals surface area contributed by atoms with E-state index in [-0.39, 0.29) is 0 Å². The highest BCUT2D eigenvalue weighted by molar-refractivity contribution is 5.89. The van der Waals surface area contributed by atoms with Crippen LogP contribution in [-0.4, -0.2) is 37.3 Å². The fraction of sp³-hybridized carbons (Fsp3) is 0.875. The van der Waals surface area contributed by atoms with Crippen LogP contribution in [0.3, 0.4) is 0 Å². The summed E-state index contributed by atoms with van der Waals surface area (Å²) in [5, 5.41) is 0. The van der Waals surface area contributed by atoms with Gasteiger partial charge in [-0.25, -0.2) is 0 Å². The van der Waals surface area contributed by atoms with Crippen LogP contribution in [0.2, 0.25) is 0 Å². The molecule has 0 unspecified atom stereocenters. The Balaban J connectivity index is 2.15. The van der Waals surface area contributed by atoms with E-state index in [2.05, 4.69) is 9.89 Å². The molecule has 56 valence electrons. The molecule has 0 aromatic heterocycles. The average Bonchev–Trinajstić information content (AvgIpc) is 2.06. The second-order valence-electron chi connectivity index (χ2n) is 3.27. The molecule has 0 atom stereocenters. The number of aliphatic imine (C=N–C) groups is 1. The standard InChI is InChI=1S/C8H14N2/c1-9-8-6-10-4-2-7(8)3-5-10/h7H,2-6H2,1H3/b9-8+. The molecule has 10 heavy (non-hydrogen) atoms. The Morgan fingerprint density at radius 1 is 1.40 bits per heavy atom. The second-order valence-corrected chi connectivity index (χ2v) is 3.27. The van der Waals surface area contributed by atoms with Crippen molar-refractivity contribution in [3.8, 4) is 0 Å². The van der Waals surface area contributed by atoms with Crippen molar-refractivity contribution in [3.63, 3.8) is 0 Å². The third-order valence-corrected chi connectivity index (χ3v) is 2.73. The van der Waals surface area contributed by atoms with E-state index >= 15 is 0 Å². The van der Waals surface area contributed by atoms with Crippen LogP contribution in [0.15, 0.2) is 4.99 Å². The van der Waals surface area contributed by atoms with Crippen LogP contribution >= 0.6 is 0 Å². The van der Waals surface area contributed by atoms with Gasteiger partial charge in [0, 0.05) is 25.2 Å². The number of fused-ring (bicyclic) bond motifs is 3. The molecular weight excluding hydrogens is 124 g/mol. The maximum Gasteiger partial charge on any atom is 0.0366 e. The third kappa shape index (κ3) is 0.870. The van der Waals surface area contributed by atoms with E-state index in [9.17, 15) is 0 Å². The lowest BCUT2D eigenvalue weighted by atomic mass is 9.86. The molecule has 2 heteroatoms. The Bertz CT molecular complexity index is 155. The molecule has 0 amide bonds. The van der Waals surface area contributed by atoms with Crippen molar-refractivity contribution in [1.29, 1.82) is 0 Å². The summed E-state index contributed by atoms with van der Waals surface area (Å²) in [6, 6.07) is 0. The van der Waals surface area contributed by atoms with E-state index in [1.165, 1.54) is 31.6 Å². The summed E-state index contributed by atoms with van der Waals surface area (Å²) in [7, 11) is 1.93. The molecule has 0 saturated carbocycles. The molecule has 0 aromatic carbocycles. The zero-order valence-corrected chi connectivity index (χ0v) is 6.51. The van der Waals surface area contributed by atoms with Gasteiger partial charge >= 0.3 is 0 Å². The first-order chi connectivity index (χ1) is 4.90. The van der Waals surface area contributed by atoms with Gasteiger partial charge in [-0.15, -0.1) is 0 Å². The third-order valence-electron chi connectivity index (χ3n) is 2.73. The van der Waals surface area contributed by atoms with Gasteiger partial charge in [-0.2, -0.15) is 0 Å². The highest BCUT2D eigenvalue weighted by Gasteiger charge is 2.29. The van der Waals surface area contributed by atoms with Crippen LogP contribution in [0.5, 0.6) is 0 Å². The summed E-state index contributed by atoms with van der Waals surface area (Å²) < 4.78 is 0. The largest absolute Gasteiger partial charge is 0.298 e. The molecule has 3 rings (SSSR count). The fourth-order valence-electron chi connectivity index (χ4n) is 2.04. The fourth-order valence-corrected chi connectivity index (χ4v) is 2.04. The summed E-state index contributed by atoms with van der Waals surface area (Å²) in [5.74, 6) is 0.843. The number of rotatable bonds is 0. The minimum Gasteiger partial charge on any atom is -0.298 e. The van der Waals surface area contributed by atoms with E-state index in [4.69, 9.17) is 0 Å². The topological polar surface area (TPSA) is 15.6 Å². The van der Waals surface area contributed by atoms with Crippen molar-refractivity contribution in [2.45, 2.75) is 12.8 Å². The van der Waals surface area contributed by atoms with E-state index in [0.717, 1.165) is 12.5 Å². The van der Waals surface area contributed by atoms with Gasteiger partial charge in [-0.1, -0.05) is 0 Å². The molecular formula is C8H14N2. The Hall–Kier alpha value is -0.370. The van der Waals surface area contributed by atoms with Gasteiger partial charge in [0.1, 0.15) is 0 Å². The maximum absolute atomic E-state index is 4.31. The van der Waals surface area contributed by atoms with Crippen molar-refractivity contribution in [1.82, 2.24) is 4.90 Å². The van der Waals surface area contributed by atoms with Gasteiger partial charge in [-0.05, 0) is 25.9 Å². The van der Waals surface area contributed by atoms with Crippen LogP contribution in [0.25, 0.3) is 0 Å². The first-order valence-electron chi connectivity index (χ1n) is 4.08. The summed E-state index contributed by atoms with van der Waals surface area (Å²) in [6.07, 6.45) is 2.71. The monoisotopic (exact) mass is 138 g/mol. The molecule has 3 saturated heterocycles. The van der Waals surface area contributed by atoms with Crippen LogP contribution in [0.1, 0.15) is 12.8 Å². The van der Waals surface area contributed by atoms with E-state index < -0.39 is 0 Å². The van der Waals surface area contributed by atoms with E-state index in [1.54, 1.807) is 0 Å². The van der Waals surface area contributed by atoms with Crippen LogP contribution < -0.4 is 0 Å². The van der Waals surface area contributed by atoms with Gasteiger partial charge in [-0.3, -0.25) is 9.89 Å². The lowest BCUT2D eigenvalue weighted by molar-refractivity contribution is 0.200. The summed E-state index contributed by atoms with van der Waals surface area (Å²) in [5.41, 5.74) is 1.44. The molecule has 3 aliphatic heterocycles. The average molecular weight is 138 g/mol. The first-order valence-corrected chi connectivity index (χ1v) is 4.08. The molecule has 0 aromatic rings. The van der Waals surface area contributed by atoms with E-state index in [0.29, 0.717) is 0 Å².